The first kappa shape index (κ1) is 13.4. The van der Waals surface area contributed by atoms with Crippen LogP contribution in [0.4, 0.5) is 0 Å². The van der Waals surface area contributed by atoms with Crippen molar-refractivity contribution < 1.29 is 9.53 Å². The zero-order chi connectivity index (χ0) is 14.4. The molecule has 2 aromatic carbocycles. The number of ether oxygens (including phenoxy) is 1. The summed E-state index contributed by atoms with van der Waals surface area (Å²) in [6.45, 7) is 1.98. The van der Waals surface area contributed by atoms with Crippen LogP contribution in [0.2, 0.25) is 0 Å². The molecule has 0 heterocycles. The lowest BCUT2D eigenvalue weighted by atomic mass is 10.2. The molecular weight excluding hydrogens is 250 g/mol. The van der Waals surface area contributed by atoms with Crippen LogP contribution in [-0.4, -0.2) is 5.97 Å². The van der Waals surface area contributed by atoms with Crippen LogP contribution >= 0.6 is 0 Å². The second kappa shape index (κ2) is 6.22. The van der Waals surface area contributed by atoms with Crippen LogP contribution < -0.4 is 4.74 Å². The molecule has 0 amide bonds. The summed E-state index contributed by atoms with van der Waals surface area (Å²) in [7, 11) is 0. The van der Waals surface area contributed by atoms with Gasteiger partial charge in [0.05, 0.1) is 11.6 Å². The largest absolute Gasteiger partial charge is 0.417 e. The highest BCUT2D eigenvalue weighted by Crippen LogP contribution is 2.11. The summed E-state index contributed by atoms with van der Waals surface area (Å²) >= 11 is 0. The van der Waals surface area contributed by atoms with E-state index in [0.717, 1.165) is 11.1 Å². The summed E-state index contributed by atoms with van der Waals surface area (Å²) in [6.07, 6.45) is 0. The summed E-state index contributed by atoms with van der Waals surface area (Å²) in [4.78, 5) is 11.5. The third kappa shape index (κ3) is 3.73. The van der Waals surface area contributed by atoms with Gasteiger partial charge in [0, 0.05) is 11.5 Å². The molecule has 96 valence electrons. The van der Waals surface area contributed by atoms with Gasteiger partial charge in [0.15, 0.2) is 0 Å². The molecule has 0 atom stereocenters. The lowest BCUT2D eigenvalue weighted by Crippen LogP contribution is -2.04. The fraction of sp³-hybridized carbons (Fsp3) is 0.0588. The fourth-order valence-corrected chi connectivity index (χ4v) is 1.49. The molecule has 0 saturated carbocycles. The van der Waals surface area contributed by atoms with Crippen molar-refractivity contribution in [3.05, 3.63) is 65.2 Å². The van der Waals surface area contributed by atoms with E-state index in [1.807, 2.05) is 37.3 Å². The molecule has 0 aromatic heterocycles. The summed E-state index contributed by atoms with van der Waals surface area (Å²) in [5.74, 6) is 4.90. The third-order valence-electron chi connectivity index (χ3n) is 2.55. The number of rotatable bonds is 1. The second-order valence-corrected chi connectivity index (χ2v) is 4.14. The Morgan fingerprint density at radius 3 is 2.20 bits per heavy atom. The lowest BCUT2D eigenvalue weighted by Gasteiger charge is -1.98. The van der Waals surface area contributed by atoms with Crippen LogP contribution in [0.25, 0.3) is 0 Å². The summed E-state index contributed by atoms with van der Waals surface area (Å²) < 4.78 is 5.04. The maximum absolute atomic E-state index is 11.5. The molecule has 0 radical (unpaired) electrons. The quantitative estimate of drug-likeness (QED) is 0.450. The van der Waals surface area contributed by atoms with E-state index in [9.17, 15) is 4.79 Å². The summed E-state index contributed by atoms with van der Waals surface area (Å²) in [5.41, 5.74) is 2.40. The van der Waals surface area contributed by atoms with Crippen LogP contribution in [0.15, 0.2) is 48.5 Å². The van der Waals surface area contributed by atoms with Gasteiger partial charge in [-0.05, 0) is 43.3 Å². The van der Waals surface area contributed by atoms with Gasteiger partial charge in [0.1, 0.15) is 5.75 Å². The van der Waals surface area contributed by atoms with Crippen LogP contribution in [-0.2, 0) is 4.79 Å². The number of hydrogen-bond acceptors (Lipinski definition) is 3. The van der Waals surface area contributed by atoms with Gasteiger partial charge in [-0.2, -0.15) is 5.26 Å². The number of esters is 1. The predicted octanol–water partition coefficient (Wildman–Crippen LogP) is 2.82. The number of benzene rings is 2. The zero-order valence-electron chi connectivity index (χ0n) is 10.9. The zero-order valence-corrected chi connectivity index (χ0v) is 10.9. The van der Waals surface area contributed by atoms with Gasteiger partial charge in [-0.15, -0.1) is 0 Å². The Morgan fingerprint density at radius 1 is 1.00 bits per heavy atom. The Kier molecular flexibility index (Phi) is 4.17. The number of carbonyl (C=O) groups is 1. The molecule has 0 bridgehead atoms. The van der Waals surface area contributed by atoms with Gasteiger partial charge < -0.3 is 4.74 Å². The van der Waals surface area contributed by atoms with Crippen molar-refractivity contribution in [3.8, 4) is 23.7 Å². The molecule has 0 aliphatic carbocycles. The van der Waals surface area contributed by atoms with Gasteiger partial charge in [0.25, 0.3) is 0 Å². The first-order chi connectivity index (χ1) is 9.67. The molecule has 0 aliphatic rings. The third-order valence-corrected chi connectivity index (χ3v) is 2.55. The van der Waals surface area contributed by atoms with Crippen molar-refractivity contribution >= 4 is 5.97 Å². The number of carbonyl (C=O) groups excluding carboxylic acids is 1. The first-order valence-corrected chi connectivity index (χ1v) is 5.98. The Balaban J connectivity index is 2.02. The van der Waals surface area contributed by atoms with Crippen molar-refractivity contribution in [1.29, 1.82) is 5.26 Å². The van der Waals surface area contributed by atoms with Crippen molar-refractivity contribution in [2.24, 2.45) is 0 Å². The van der Waals surface area contributed by atoms with E-state index in [1.165, 1.54) is 0 Å². The van der Waals surface area contributed by atoms with Gasteiger partial charge in [-0.3, -0.25) is 0 Å². The van der Waals surface area contributed by atoms with E-state index in [2.05, 4.69) is 11.8 Å². The molecule has 0 N–H and O–H groups in total. The normalized spacial score (nSPS) is 9.00. The SMILES string of the molecule is Cc1ccc(C#CC(=O)Oc2ccc(C#N)cc2)cc1. The lowest BCUT2D eigenvalue weighted by molar-refractivity contribution is -0.128. The molecule has 0 unspecified atom stereocenters. The van der Waals surface area contributed by atoms with Crippen molar-refractivity contribution in [1.82, 2.24) is 0 Å². The maximum atomic E-state index is 11.5. The summed E-state index contributed by atoms with van der Waals surface area (Å²) in [5, 5.41) is 8.66. The number of hydrogen-bond donors (Lipinski definition) is 0. The van der Waals surface area contributed by atoms with E-state index in [0.29, 0.717) is 11.3 Å². The molecule has 0 spiro atoms. The highest BCUT2D eigenvalue weighted by molar-refractivity contribution is 5.90. The van der Waals surface area contributed by atoms with Crippen LogP contribution in [0.5, 0.6) is 5.75 Å². The molecule has 0 saturated heterocycles. The molecule has 2 aromatic rings. The Hall–Kier alpha value is -3.04. The predicted molar refractivity (Wildman–Crippen MR) is 74.8 cm³/mol. The molecule has 0 aliphatic heterocycles. The number of nitrogens with zero attached hydrogens (tertiary/aromatic N) is 1. The molecule has 20 heavy (non-hydrogen) atoms. The van der Waals surface area contributed by atoms with Crippen LogP contribution in [0.1, 0.15) is 16.7 Å². The standard InChI is InChI=1S/C17H11NO2/c1-13-2-4-14(5-3-13)8-11-17(19)20-16-9-6-15(12-18)7-10-16/h2-7,9-10H,1H3. The fourth-order valence-electron chi connectivity index (χ4n) is 1.49. The average molecular weight is 261 g/mol. The van der Waals surface area contributed by atoms with Gasteiger partial charge in [-0.1, -0.05) is 23.6 Å². The van der Waals surface area contributed by atoms with Gasteiger partial charge in [-0.25, -0.2) is 4.79 Å². The van der Waals surface area contributed by atoms with Gasteiger partial charge >= 0.3 is 5.97 Å². The molecule has 0 fully saturated rings. The Bertz CT molecular complexity index is 711. The van der Waals surface area contributed by atoms with Crippen LogP contribution in [0.3, 0.4) is 0 Å². The van der Waals surface area contributed by atoms with E-state index < -0.39 is 5.97 Å². The van der Waals surface area contributed by atoms with Crippen molar-refractivity contribution in [3.63, 3.8) is 0 Å². The average Bonchev–Trinajstić information content (AvgIpc) is 2.47. The minimum Gasteiger partial charge on any atom is -0.417 e. The van der Waals surface area contributed by atoms with E-state index >= 15 is 0 Å². The minimum atomic E-state index is -0.629. The maximum Gasteiger partial charge on any atom is 0.390 e. The Morgan fingerprint density at radius 2 is 1.60 bits per heavy atom. The summed E-state index contributed by atoms with van der Waals surface area (Å²) in [6, 6.07) is 15.8. The van der Waals surface area contributed by atoms with Crippen LogP contribution in [0, 0.1) is 30.1 Å². The van der Waals surface area contributed by atoms with E-state index in [-0.39, 0.29) is 0 Å². The minimum absolute atomic E-state index is 0.368. The van der Waals surface area contributed by atoms with Crippen molar-refractivity contribution in [2.75, 3.05) is 0 Å². The molecule has 3 nitrogen and oxygen atoms in total. The topological polar surface area (TPSA) is 50.1 Å². The molecule has 3 heteroatoms. The highest BCUT2D eigenvalue weighted by Gasteiger charge is 2.00. The second-order valence-electron chi connectivity index (χ2n) is 4.14. The Labute approximate surface area is 117 Å². The molecule has 2 rings (SSSR count). The number of nitriles is 1. The van der Waals surface area contributed by atoms with E-state index in [1.54, 1.807) is 24.3 Å². The van der Waals surface area contributed by atoms with Crippen molar-refractivity contribution in [2.45, 2.75) is 6.92 Å². The monoisotopic (exact) mass is 261 g/mol. The molecular formula is C17H11NO2. The van der Waals surface area contributed by atoms with E-state index in [4.69, 9.17) is 10.00 Å². The first-order valence-electron chi connectivity index (χ1n) is 5.98. The smallest absolute Gasteiger partial charge is 0.390 e. The van der Waals surface area contributed by atoms with Gasteiger partial charge in [0.2, 0.25) is 0 Å². The highest BCUT2D eigenvalue weighted by atomic mass is 16.5. The number of aryl methyl sites for hydroxylation is 1.